The predicted octanol–water partition coefficient (Wildman–Crippen LogP) is 3.54. The third-order valence-corrected chi connectivity index (χ3v) is 3.62. The summed E-state index contributed by atoms with van der Waals surface area (Å²) >= 11 is 1.14. The smallest absolute Gasteiger partial charge is 0.347 e. The summed E-state index contributed by atoms with van der Waals surface area (Å²) in [5, 5.41) is 9.49. The molecular formula is C14H15NO3S. The van der Waals surface area contributed by atoms with Gasteiger partial charge in [0.15, 0.2) is 0 Å². The summed E-state index contributed by atoms with van der Waals surface area (Å²) in [6.45, 7) is 4.50. The van der Waals surface area contributed by atoms with Crippen molar-refractivity contribution in [3.05, 3.63) is 45.9 Å². The highest BCUT2D eigenvalue weighted by Crippen LogP contribution is 2.27. The Balaban J connectivity index is 2.08. The summed E-state index contributed by atoms with van der Waals surface area (Å²) in [5.74, 6) is 0.248. The van der Waals surface area contributed by atoms with Gasteiger partial charge >= 0.3 is 5.97 Å². The van der Waals surface area contributed by atoms with Crippen LogP contribution in [0.15, 0.2) is 30.5 Å². The molecule has 1 aromatic heterocycles. The van der Waals surface area contributed by atoms with Crippen LogP contribution in [-0.2, 0) is 6.61 Å². The van der Waals surface area contributed by atoms with Crippen LogP contribution in [0.2, 0.25) is 0 Å². The average molecular weight is 277 g/mol. The number of aromatic carboxylic acids is 1. The van der Waals surface area contributed by atoms with E-state index in [-0.39, 0.29) is 4.88 Å². The van der Waals surface area contributed by atoms with Gasteiger partial charge in [-0.15, -0.1) is 11.3 Å². The fourth-order valence-corrected chi connectivity index (χ4v) is 2.37. The Bertz CT molecular complexity index is 578. The molecule has 0 bridgehead atoms. The maximum Gasteiger partial charge on any atom is 0.347 e. The highest BCUT2D eigenvalue weighted by Gasteiger charge is 2.11. The first-order valence-corrected chi connectivity index (χ1v) is 6.79. The second-order valence-corrected chi connectivity index (χ2v) is 5.52. The number of hydrogen-bond donors (Lipinski definition) is 1. The Morgan fingerprint density at radius 1 is 1.42 bits per heavy atom. The number of benzene rings is 1. The molecule has 19 heavy (non-hydrogen) atoms. The molecule has 0 fully saturated rings. The molecule has 1 aromatic carbocycles. The molecule has 0 saturated heterocycles. The number of para-hydroxylation sites is 1. The minimum Gasteiger partial charge on any atom is -0.486 e. The van der Waals surface area contributed by atoms with E-state index in [1.165, 1.54) is 6.20 Å². The fraction of sp³-hybridized carbons (Fsp3) is 0.286. The van der Waals surface area contributed by atoms with Crippen LogP contribution in [0.3, 0.4) is 0 Å². The second kappa shape index (κ2) is 5.84. The van der Waals surface area contributed by atoms with Gasteiger partial charge in [0.25, 0.3) is 0 Å². The van der Waals surface area contributed by atoms with E-state index in [2.05, 4.69) is 18.8 Å². The molecule has 0 atom stereocenters. The van der Waals surface area contributed by atoms with E-state index in [0.29, 0.717) is 17.5 Å². The minimum atomic E-state index is -0.952. The van der Waals surface area contributed by atoms with Gasteiger partial charge in [-0.05, 0) is 17.5 Å². The standard InChI is InChI=1S/C14H15NO3S/c1-9(2)10-5-3-4-6-11(10)18-8-13-15-7-12(19-13)14(16)17/h3-7,9H,8H2,1-2H3,(H,16,17). The largest absolute Gasteiger partial charge is 0.486 e. The molecule has 0 spiro atoms. The molecule has 0 radical (unpaired) electrons. The highest BCUT2D eigenvalue weighted by molar-refractivity contribution is 7.13. The number of thiazole rings is 1. The molecule has 5 heteroatoms. The van der Waals surface area contributed by atoms with E-state index >= 15 is 0 Å². The number of nitrogens with zero attached hydrogens (tertiary/aromatic N) is 1. The number of hydrogen-bond acceptors (Lipinski definition) is 4. The Hall–Kier alpha value is -1.88. The fourth-order valence-electron chi connectivity index (χ4n) is 1.70. The lowest BCUT2D eigenvalue weighted by Gasteiger charge is -2.12. The number of carboxylic acid groups (broad SMARTS) is 1. The molecule has 2 aromatic rings. The number of rotatable bonds is 5. The first kappa shape index (κ1) is 13.5. The first-order chi connectivity index (χ1) is 9.08. The van der Waals surface area contributed by atoms with Crippen molar-refractivity contribution in [3.8, 4) is 5.75 Å². The molecule has 0 aliphatic heterocycles. The summed E-state index contributed by atoms with van der Waals surface area (Å²) in [7, 11) is 0. The van der Waals surface area contributed by atoms with Crippen LogP contribution < -0.4 is 4.74 Å². The lowest BCUT2D eigenvalue weighted by molar-refractivity contribution is 0.0702. The SMILES string of the molecule is CC(C)c1ccccc1OCc1ncc(C(=O)O)s1. The molecule has 1 heterocycles. The number of carbonyl (C=O) groups is 1. The van der Waals surface area contributed by atoms with Crippen molar-refractivity contribution < 1.29 is 14.6 Å². The van der Waals surface area contributed by atoms with Gasteiger partial charge in [-0.3, -0.25) is 0 Å². The Labute approximate surface area is 115 Å². The van der Waals surface area contributed by atoms with Crippen LogP contribution in [0.4, 0.5) is 0 Å². The van der Waals surface area contributed by atoms with Gasteiger partial charge in [-0.25, -0.2) is 9.78 Å². The van der Waals surface area contributed by atoms with Crippen molar-refractivity contribution in [2.75, 3.05) is 0 Å². The van der Waals surface area contributed by atoms with Crippen molar-refractivity contribution in [3.63, 3.8) is 0 Å². The monoisotopic (exact) mass is 277 g/mol. The van der Waals surface area contributed by atoms with Gasteiger partial charge in [0, 0.05) is 0 Å². The van der Waals surface area contributed by atoms with E-state index in [1.807, 2.05) is 24.3 Å². The summed E-state index contributed by atoms with van der Waals surface area (Å²) in [5.41, 5.74) is 1.14. The second-order valence-electron chi connectivity index (χ2n) is 4.40. The van der Waals surface area contributed by atoms with Crippen molar-refractivity contribution >= 4 is 17.3 Å². The summed E-state index contributed by atoms with van der Waals surface area (Å²) in [6, 6.07) is 7.85. The van der Waals surface area contributed by atoms with Crippen LogP contribution in [0.5, 0.6) is 5.75 Å². The van der Waals surface area contributed by atoms with Gasteiger partial charge in [0.2, 0.25) is 0 Å². The van der Waals surface area contributed by atoms with Gasteiger partial charge in [0.05, 0.1) is 6.20 Å². The Kier molecular flexibility index (Phi) is 4.16. The molecule has 1 N–H and O–H groups in total. The van der Waals surface area contributed by atoms with E-state index in [4.69, 9.17) is 9.84 Å². The van der Waals surface area contributed by atoms with Crippen molar-refractivity contribution in [2.24, 2.45) is 0 Å². The molecule has 100 valence electrons. The molecule has 0 amide bonds. The number of carboxylic acids is 1. The number of aromatic nitrogens is 1. The van der Waals surface area contributed by atoms with Crippen molar-refractivity contribution in [2.45, 2.75) is 26.4 Å². The van der Waals surface area contributed by atoms with E-state index in [1.54, 1.807) is 0 Å². The van der Waals surface area contributed by atoms with E-state index in [0.717, 1.165) is 22.6 Å². The van der Waals surface area contributed by atoms with E-state index in [9.17, 15) is 4.79 Å². The molecular weight excluding hydrogens is 262 g/mol. The van der Waals surface area contributed by atoms with Crippen LogP contribution in [-0.4, -0.2) is 16.1 Å². The van der Waals surface area contributed by atoms with Gasteiger partial charge < -0.3 is 9.84 Å². The topological polar surface area (TPSA) is 59.4 Å². The third kappa shape index (κ3) is 3.32. The molecule has 0 aliphatic rings. The van der Waals surface area contributed by atoms with Gasteiger partial charge in [-0.1, -0.05) is 32.0 Å². The zero-order chi connectivity index (χ0) is 13.8. The highest BCUT2D eigenvalue weighted by atomic mass is 32.1. The normalized spacial score (nSPS) is 10.7. The molecule has 0 unspecified atom stereocenters. The zero-order valence-electron chi connectivity index (χ0n) is 10.8. The lowest BCUT2D eigenvalue weighted by atomic mass is 10.0. The minimum absolute atomic E-state index is 0.232. The van der Waals surface area contributed by atoms with Gasteiger partial charge in [0.1, 0.15) is 22.2 Å². The summed E-state index contributed by atoms with van der Waals surface area (Å²) in [4.78, 5) is 15.0. The Morgan fingerprint density at radius 2 is 2.16 bits per heavy atom. The van der Waals surface area contributed by atoms with Gasteiger partial charge in [-0.2, -0.15) is 0 Å². The molecule has 2 rings (SSSR count). The van der Waals surface area contributed by atoms with Crippen molar-refractivity contribution in [1.29, 1.82) is 0 Å². The average Bonchev–Trinajstić information content (AvgIpc) is 2.85. The van der Waals surface area contributed by atoms with Crippen LogP contribution in [0, 0.1) is 0 Å². The maximum absolute atomic E-state index is 10.8. The quantitative estimate of drug-likeness (QED) is 0.908. The first-order valence-electron chi connectivity index (χ1n) is 5.97. The summed E-state index contributed by atoms with van der Waals surface area (Å²) in [6.07, 6.45) is 1.36. The predicted molar refractivity (Wildman–Crippen MR) is 73.9 cm³/mol. The lowest BCUT2D eigenvalue weighted by Crippen LogP contribution is -1.99. The maximum atomic E-state index is 10.8. The zero-order valence-corrected chi connectivity index (χ0v) is 11.6. The van der Waals surface area contributed by atoms with Crippen LogP contribution in [0.25, 0.3) is 0 Å². The van der Waals surface area contributed by atoms with E-state index < -0.39 is 5.97 Å². The van der Waals surface area contributed by atoms with Crippen LogP contribution >= 0.6 is 11.3 Å². The van der Waals surface area contributed by atoms with Crippen molar-refractivity contribution in [1.82, 2.24) is 4.98 Å². The molecule has 4 nitrogen and oxygen atoms in total. The number of ether oxygens (including phenoxy) is 1. The third-order valence-electron chi connectivity index (χ3n) is 2.66. The van der Waals surface area contributed by atoms with Crippen LogP contribution in [0.1, 0.15) is 40.0 Å². The molecule has 0 saturated carbocycles. The summed E-state index contributed by atoms with van der Waals surface area (Å²) < 4.78 is 5.73. The molecule has 0 aliphatic carbocycles. The Morgan fingerprint density at radius 3 is 2.79 bits per heavy atom.